The molecule has 33 heavy (non-hydrogen) atoms. The van der Waals surface area contributed by atoms with Gasteiger partial charge in [-0.05, 0) is 107 Å². The maximum absolute atomic E-state index is 12.6. The molecule has 0 radical (unpaired) electrons. The SMILES string of the molecule is CCN(CC)CCOC(=O)CC1=C(C)/C(=C\c2ccc([S+](C)[O-])cc2)c2ccc(C#N)cc21. The van der Waals surface area contributed by atoms with Gasteiger partial charge in [0, 0.05) is 6.54 Å². The quantitative estimate of drug-likeness (QED) is 0.391. The van der Waals surface area contributed by atoms with Crippen LogP contribution in [-0.2, 0) is 20.7 Å². The highest BCUT2D eigenvalue weighted by Gasteiger charge is 2.26. The Morgan fingerprint density at radius 2 is 1.85 bits per heavy atom. The van der Waals surface area contributed by atoms with Gasteiger partial charge in [0.15, 0.2) is 4.90 Å². The van der Waals surface area contributed by atoms with Crippen LogP contribution < -0.4 is 0 Å². The standard InChI is InChI=1S/C27H30N2O3S/c1-5-29(6-2)13-14-32-27(30)17-25-19(3)24(23-12-9-21(18-28)16-26(23)25)15-20-7-10-22(11-8-20)33(4)31/h7-12,15-16H,5-6,13-14,17H2,1-4H3/b24-15+. The van der Waals surface area contributed by atoms with E-state index < -0.39 is 11.2 Å². The number of likely N-dealkylation sites (N-methyl/N-ethyl adjacent to an activating group) is 1. The first-order valence-corrected chi connectivity index (χ1v) is 12.7. The lowest BCUT2D eigenvalue weighted by molar-refractivity contribution is -0.142. The fourth-order valence-electron chi connectivity index (χ4n) is 4.02. The van der Waals surface area contributed by atoms with Crippen LogP contribution in [-0.4, -0.2) is 47.9 Å². The van der Waals surface area contributed by atoms with E-state index in [9.17, 15) is 14.6 Å². The summed E-state index contributed by atoms with van der Waals surface area (Å²) in [5, 5.41) is 9.39. The number of nitrogens with zero attached hydrogens (tertiary/aromatic N) is 2. The summed E-state index contributed by atoms with van der Waals surface area (Å²) in [6, 6.07) is 15.4. The molecule has 5 nitrogen and oxygen atoms in total. The van der Waals surface area contributed by atoms with Gasteiger partial charge >= 0.3 is 5.97 Å². The smallest absolute Gasteiger partial charge is 0.310 e. The zero-order valence-corrected chi connectivity index (χ0v) is 20.5. The number of hydrogen-bond acceptors (Lipinski definition) is 5. The van der Waals surface area contributed by atoms with E-state index in [1.807, 2.05) is 43.3 Å². The Morgan fingerprint density at radius 3 is 2.45 bits per heavy atom. The van der Waals surface area contributed by atoms with E-state index in [-0.39, 0.29) is 12.4 Å². The van der Waals surface area contributed by atoms with E-state index in [1.54, 1.807) is 12.3 Å². The molecule has 0 aromatic heterocycles. The molecule has 0 amide bonds. The molecular formula is C27H30N2O3S. The van der Waals surface area contributed by atoms with Crippen molar-refractivity contribution in [3.63, 3.8) is 0 Å². The number of carbonyl (C=O) groups is 1. The molecule has 3 rings (SSSR count). The molecule has 0 heterocycles. The second kappa shape index (κ2) is 11.3. The molecule has 0 N–H and O–H groups in total. The monoisotopic (exact) mass is 462 g/mol. The van der Waals surface area contributed by atoms with Gasteiger partial charge in [0.2, 0.25) is 0 Å². The molecule has 172 valence electrons. The van der Waals surface area contributed by atoms with E-state index in [4.69, 9.17) is 4.74 Å². The van der Waals surface area contributed by atoms with Gasteiger partial charge in [0.1, 0.15) is 12.9 Å². The lowest BCUT2D eigenvalue weighted by Crippen LogP contribution is -2.27. The molecule has 1 atom stereocenters. The van der Waals surface area contributed by atoms with Crippen molar-refractivity contribution in [2.75, 3.05) is 32.5 Å². The van der Waals surface area contributed by atoms with Crippen molar-refractivity contribution < 1.29 is 14.1 Å². The lowest BCUT2D eigenvalue weighted by atomic mass is 9.99. The fourth-order valence-corrected chi connectivity index (χ4v) is 4.54. The molecule has 0 fully saturated rings. The van der Waals surface area contributed by atoms with Crippen LogP contribution in [0.4, 0.5) is 0 Å². The van der Waals surface area contributed by atoms with Crippen molar-refractivity contribution in [3.05, 3.63) is 70.3 Å². The first kappa shape index (κ1) is 24.8. The van der Waals surface area contributed by atoms with Gasteiger partial charge in [0.25, 0.3) is 0 Å². The third-order valence-electron chi connectivity index (χ3n) is 6.03. The van der Waals surface area contributed by atoms with Gasteiger partial charge in [0.05, 0.1) is 18.1 Å². The minimum absolute atomic E-state index is 0.164. The Balaban J connectivity index is 1.88. The molecule has 0 spiro atoms. The Morgan fingerprint density at radius 1 is 1.15 bits per heavy atom. The van der Waals surface area contributed by atoms with Gasteiger partial charge in [-0.25, -0.2) is 0 Å². The predicted molar refractivity (Wildman–Crippen MR) is 134 cm³/mol. The van der Waals surface area contributed by atoms with Crippen molar-refractivity contribution in [2.45, 2.75) is 32.1 Å². The summed E-state index contributed by atoms with van der Waals surface area (Å²) in [6.45, 7) is 9.11. The Hall–Kier alpha value is -2.85. The summed E-state index contributed by atoms with van der Waals surface area (Å²) in [6.07, 6.45) is 3.89. The molecule has 1 unspecified atom stereocenters. The third-order valence-corrected chi connectivity index (χ3v) is 6.97. The topological polar surface area (TPSA) is 76.4 Å². The number of nitriles is 1. The summed E-state index contributed by atoms with van der Waals surface area (Å²) in [7, 11) is 0. The molecule has 1 aliphatic rings. The number of allylic oxidation sites excluding steroid dienone is 2. The average Bonchev–Trinajstić information content (AvgIpc) is 3.07. The van der Waals surface area contributed by atoms with Crippen LogP contribution in [0.25, 0.3) is 17.2 Å². The van der Waals surface area contributed by atoms with Crippen molar-refractivity contribution in [2.24, 2.45) is 0 Å². The highest BCUT2D eigenvalue weighted by molar-refractivity contribution is 7.90. The van der Waals surface area contributed by atoms with Crippen LogP contribution in [0.1, 0.15) is 49.4 Å². The number of rotatable bonds is 9. The average molecular weight is 463 g/mol. The summed E-state index contributed by atoms with van der Waals surface area (Å²) < 4.78 is 17.2. The number of fused-ring (bicyclic) bond motifs is 1. The van der Waals surface area contributed by atoms with Crippen molar-refractivity contribution in [3.8, 4) is 6.07 Å². The van der Waals surface area contributed by atoms with E-state index in [0.29, 0.717) is 12.2 Å². The van der Waals surface area contributed by atoms with Crippen LogP contribution in [0.15, 0.2) is 52.9 Å². The number of carbonyl (C=O) groups excluding carboxylic acids is 1. The number of ether oxygens (including phenoxy) is 1. The molecule has 2 aromatic carbocycles. The number of benzene rings is 2. The highest BCUT2D eigenvalue weighted by Crippen LogP contribution is 2.44. The van der Waals surface area contributed by atoms with Gasteiger partial charge in [-0.2, -0.15) is 5.26 Å². The number of esters is 1. The summed E-state index contributed by atoms with van der Waals surface area (Å²) in [4.78, 5) is 15.6. The van der Waals surface area contributed by atoms with Crippen LogP contribution in [0.5, 0.6) is 0 Å². The normalized spacial score (nSPS) is 15.0. The summed E-state index contributed by atoms with van der Waals surface area (Å²) in [5.74, 6) is -0.263. The van der Waals surface area contributed by atoms with Gasteiger partial charge < -0.3 is 14.2 Å². The largest absolute Gasteiger partial charge is 0.612 e. The van der Waals surface area contributed by atoms with Gasteiger partial charge in [-0.3, -0.25) is 4.79 Å². The van der Waals surface area contributed by atoms with Crippen LogP contribution in [0, 0.1) is 11.3 Å². The molecule has 1 aliphatic carbocycles. The maximum atomic E-state index is 12.6. The van der Waals surface area contributed by atoms with Crippen LogP contribution in [0.2, 0.25) is 0 Å². The Kier molecular flexibility index (Phi) is 8.51. The second-order valence-corrected chi connectivity index (χ2v) is 9.36. The van der Waals surface area contributed by atoms with E-state index >= 15 is 0 Å². The fraction of sp³-hybridized carbons (Fsp3) is 0.333. The lowest BCUT2D eigenvalue weighted by Gasteiger charge is -2.17. The first-order chi connectivity index (χ1) is 15.9. The molecule has 0 aliphatic heterocycles. The Bertz CT molecular complexity index is 1110. The maximum Gasteiger partial charge on any atom is 0.310 e. The van der Waals surface area contributed by atoms with Crippen LogP contribution >= 0.6 is 0 Å². The third kappa shape index (κ3) is 5.94. The summed E-state index contributed by atoms with van der Waals surface area (Å²) >= 11 is -1.02. The summed E-state index contributed by atoms with van der Waals surface area (Å²) in [5.41, 5.74) is 6.37. The zero-order chi connectivity index (χ0) is 24.0. The predicted octanol–water partition coefficient (Wildman–Crippen LogP) is 4.90. The van der Waals surface area contributed by atoms with E-state index in [1.165, 1.54) is 0 Å². The zero-order valence-electron chi connectivity index (χ0n) is 19.7. The highest BCUT2D eigenvalue weighted by atomic mass is 32.2. The van der Waals surface area contributed by atoms with Crippen LogP contribution in [0.3, 0.4) is 0 Å². The van der Waals surface area contributed by atoms with Crippen molar-refractivity contribution >= 4 is 34.4 Å². The minimum atomic E-state index is -1.02. The van der Waals surface area contributed by atoms with Gasteiger partial charge in [-0.15, -0.1) is 0 Å². The molecule has 0 saturated carbocycles. The van der Waals surface area contributed by atoms with Crippen molar-refractivity contribution in [1.82, 2.24) is 4.90 Å². The second-order valence-electron chi connectivity index (χ2n) is 7.98. The molecule has 2 aromatic rings. The van der Waals surface area contributed by atoms with Crippen molar-refractivity contribution in [1.29, 1.82) is 5.26 Å². The molecule has 0 bridgehead atoms. The molecular weight excluding hydrogens is 432 g/mol. The first-order valence-electron chi connectivity index (χ1n) is 11.2. The van der Waals surface area contributed by atoms with E-state index in [0.717, 1.165) is 57.9 Å². The van der Waals surface area contributed by atoms with E-state index in [2.05, 4.69) is 30.9 Å². The van der Waals surface area contributed by atoms with Gasteiger partial charge in [-0.1, -0.05) is 19.9 Å². The minimum Gasteiger partial charge on any atom is -0.612 e. The molecule has 0 saturated heterocycles. The number of hydrogen-bond donors (Lipinski definition) is 0. The molecule has 6 heteroatoms. The Labute approximate surface area is 199 Å².